The Morgan fingerprint density at radius 1 is 0.967 bits per heavy atom. The van der Waals surface area contributed by atoms with Gasteiger partial charge in [-0.3, -0.25) is 0 Å². The molecule has 2 saturated carbocycles. The summed E-state index contributed by atoms with van der Waals surface area (Å²) in [5, 5.41) is 3.86. The van der Waals surface area contributed by atoms with Gasteiger partial charge in [-0.2, -0.15) is 0 Å². The van der Waals surface area contributed by atoms with Crippen LogP contribution in [0.4, 0.5) is 0 Å². The van der Waals surface area contributed by atoms with Crippen molar-refractivity contribution < 1.29 is 22.4 Å². The lowest BCUT2D eigenvalue weighted by atomic mass is 9.91. The highest BCUT2D eigenvalue weighted by Crippen LogP contribution is 2.43. The molecule has 1 aromatic carbocycles. The van der Waals surface area contributed by atoms with Crippen LogP contribution in [0, 0.1) is 0 Å². The average Bonchev–Trinajstić information content (AvgIpc) is 2.76. The molecule has 0 radical (unpaired) electrons. The van der Waals surface area contributed by atoms with Crippen LogP contribution in [0.3, 0.4) is 0 Å². The fourth-order valence-corrected chi connectivity index (χ4v) is 5.29. The van der Waals surface area contributed by atoms with Crippen LogP contribution in [-0.4, -0.2) is 39.6 Å². The molecule has 2 aliphatic carbocycles. The average molecular weight is 479 g/mol. The molecule has 3 rings (SSSR count). The largest absolute Gasteiger partial charge is 0.424 e. The highest BCUT2D eigenvalue weighted by atomic mass is 32.5. The summed E-state index contributed by atoms with van der Waals surface area (Å²) in [6.07, 6.45) is 14.6. The second-order valence-electron chi connectivity index (χ2n) is 7.76. The first kappa shape index (κ1) is 25.7. The van der Waals surface area contributed by atoms with Crippen LogP contribution in [0.25, 0.3) is 0 Å². The highest BCUT2D eigenvalue weighted by Gasteiger charge is 2.19. The Balaban J connectivity index is 0.000000220. The Bertz CT molecular complexity index is 761. The fourth-order valence-electron chi connectivity index (χ4n) is 3.84. The van der Waals surface area contributed by atoms with Crippen LogP contribution in [0.15, 0.2) is 29.2 Å². The van der Waals surface area contributed by atoms with Crippen LogP contribution in [-0.2, 0) is 26.4 Å². The molecule has 7 nitrogen and oxygen atoms in total. The van der Waals surface area contributed by atoms with Gasteiger partial charge in [0.05, 0.1) is 4.90 Å². The maximum Gasteiger partial charge on any atom is 0.377 e. The first-order chi connectivity index (χ1) is 14.3. The highest BCUT2D eigenvalue weighted by molar-refractivity contribution is 8.07. The first-order valence-corrected chi connectivity index (χ1v) is 14.7. The summed E-state index contributed by atoms with van der Waals surface area (Å²) in [5.74, 6) is 0.243. The van der Waals surface area contributed by atoms with Crippen molar-refractivity contribution in [1.29, 1.82) is 0 Å². The predicted molar refractivity (Wildman–Crippen MR) is 124 cm³/mol. The van der Waals surface area contributed by atoms with E-state index in [1.165, 1.54) is 103 Å². The van der Waals surface area contributed by atoms with Crippen molar-refractivity contribution in [3.63, 3.8) is 0 Å². The van der Waals surface area contributed by atoms with E-state index in [1.807, 2.05) is 0 Å². The Morgan fingerprint density at radius 3 is 1.83 bits per heavy atom. The Kier molecular flexibility index (Phi) is 10.7. The molecule has 10 heteroatoms. The molecule has 1 unspecified atom stereocenters. The molecule has 3 N–H and O–H groups in total. The quantitative estimate of drug-likeness (QED) is 0.508. The second-order valence-corrected chi connectivity index (χ2v) is 12.5. The van der Waals surface area contributed by atoms with Gasteiger partial charge in [-0.15, -0.1) is 0 Å². The van der Waals surface area contributed by atoms with E-state index >= 15 is 0 Å². The predicted octanol–water partition coefficient (Wildman–Crippen LogP) is 4.08. The molecule has 2 fully saturated rings. The smallest absolute Gasteiger partial charge is 0.377 e. The van der Waals surface area contributed by atoms with E-state index < -0.39 is 16.7 Å². The van der Waals surface area contributed by atoms with E-state index in [0.29, 0.717) is 0 Å². The lowest BCUT2D eigenvalue weighted by molar-refractivity contribution is 0.291. The van der Waals surface area contributed by atoms with Crippen molar-refractivity contribution in [2.75, 3.05) is 14.2 Å². The molecule has 0 aromatic heterocycles. The van der Waals surface area contributed by atoms with Crippen LogP contribution >= 0.6 is 6.72 Å². The zero-order valence-electron chi connectivity index (χ0n) is 17.9. The Morgan fingerprint density at radius 2 is 1.43 bits per heavy atom. The standard InChI is InChI=1S/C12H23N.C8H12NO5PS2/c1-3-7-11(8-4-1)13-12-9-5-2-6-10-12;1-9-17(11,12)8-5-3-7(4-6-8)14-15(10,16)13-2/h11-13H,1-10H2;3-6,9H,1-2H3,(H,10,16). The molecule has 0 heterocycles. The van der Waals surface area contributed by atoms with E-state index in [0.717, 1.165) is 12.1 Å². The van der Waals surface area contributed by atoms with Gasteiger partial charge in [-0.25, -0.2) is 13.1 Å². The van der Waals surface area contributed by atoms with Gasteiger partial charge < -0.3 is 19.3 Å². The molecule has 0 aliphatic heterocycles. The van der Waals surface area contributed by atoms with Crippen LogP contribution in [0.2, 0.25) is 0 Å². The van der Waals surface area contributed by atoms with E-state index in [2.05, 4.69) is 26.4 Å². The van der Waals surface area contributed by atoms with Crippen LogP contribution < -0.4 is 14.6 Å². The number of benzene rings is 1. The molecule has 1 aromatic rings. The zero-order chi connectivity index (χ0) is 22.0. The second kappa shape index (κ2) is 12.5. The van der Waals surface area contributed by atoms with Gasteiger partial charge in [0.1, 0.15) is 5.75 Å². The minimum absolute atomic E-state index is 0.0935. The van der Waals surface area contributed by atoms with Gasteiger partial charge in [-0.05, 0) is 57.0 Å². The molecule has 0 spiro atoms. The molecular weight excluding hydrogens is 443 g/mol. The lowest BCUT2D eigenvalue weighted by Crippen LogP contribution is -2.40. The van der Waals surface area contributed by atoms with Gasteiger partial charge in [0.2, 0.25) is 10.0 Å². The number of nitrogens with one attached hydrogen (secondary N) is 2. The third-order valence-electron chi connectivity index (χ3n) is 5.54. The molecule has 0 saturated heterocycles. The van der Waals surface area contributed by atoms with Gasteiger partial charge in [-0.1, -0.05) is 38.5 Å². The van der Waals surface area contributed by atoms with Crippen molar-refractivity contribution in [2.24, 2.45) is 0 Å². The molecule has 1 atom stereocenters. The monoisotopic (exact) mass is 478 g/mol. The summed E-state index contributed by atoms with van der Waals surface area (Å²) < 4.78 is 34.6. The fraction of sp³-hybridized carbons (Fsp3) is 0.700. The summed E-state index contributed by atoms with van der Waals surface area (Å²) in [4.78, 5) is 9.50. The number of rotatable bonds is 7. The SMILES string of the molecule is C1CCC(NC2CCCCC2)CC1.CNS(=O)(=O)c1ccc(OP(O)(=S)OC)cc1. The summed E-state index contributed by atoms with van der Waals surface area (Å²) in [7, 11) is -0.926. The van der Waals surface area contributed by atoms with Crippen LogP contribution in [0.5, 0.6) is 5.75 Å². The van der Waals surface area contributed by atoms with Gasteiger partial charge in [0, 0.05) is 31.0 Å². The third-order valence-corrected chi connectivity index (χ3v) is 8.54. The topological polar surface area (TPSA) is 96.9 Å². The van der Waals surface area contributed by atoms with Crippen molar-refractivity contribution >= 4 is 28.5 Å². The molecule has 30 heavy (non-hydrogen) atoms. The Hall–Kier alpha value is -0.540. The molecule has 172 valence electrons. The third kappa shape index (κ3) is 8.91. The number of hydrogen-bond acceptors (Lipinski definition) is 6. The normalized spacial score (nSPS) is 20.6. The summed E-state index contributed by atoms with van der Waals surface area (Å²) in [6, 6.07) is 7.20. The van der Waals surface area contributed by atoms with Crippen molar-refractivity contribution in [3.05, 3.63) is 24.3 Å². The zero-order valence-corrected chi connectivity index (χ0v) is 20.4. The maximum atomic E-state index is 11.4. The van der Waals surface area contributed by atoms with E-state index in [1.54, 1.807) is 0 Å². The molecule has 0 amide bonds. The molecule has 2 aliphatic rings. The van der Waals surface area contributed by atoms with Gasteiger partial charge in [0.15, 0.2) is 0 Å². The van der Waals surface area contributed by atoms with Gasteiger partial charge in [0.25, 0.3) is 0 Å². The molecular formula is C20H35N2O5PS2. The van der Waals surface area contributed by atoms with Crippen molar-refractivity contribution in [2.45, 2.75) is 81.2 Å². The minimum Gasteiger partial charge on any atom is -0.424 e. The summed E-state index contributed by atoms with van der Waals surface area (Å²) in [6.45, 7) is -3.29. The summed E-state index contributed by atoms with van der Waals surface area (Å²) >= 11 is 4.65. The van der Waals surface area contributed by atoms with Crippen LogP contribution in [0.1, 0.15) is 64.2 Å². The maximum absolute atomic E-state index is 11.4. The molecule has 0 bridgehead atoms. The number of sulfonamides is 1. The first-order valence-electron chi connectivity index (χ1n) is 10.6. The van der Waals surface area contributed by atoms with E-state index in [4.69, 9.17) is 4.52 Å². The van der Waals surface area contributed by atoms with Gasteiger partial charge >= 0.3 is 6.72 Å². The van der Waals surface area contributed by atoms with Crippen molar-refractivity contribution in [3.8, 4) is 5.75 Å². The minimum atomic E-state index is -3.48. The number of hydrogen-bond donors (Lipinski definition) is 3. The Labute approximate surface area is 186 Å². The van der Waals surface area contributed by atoms with E-state index in [9.17, 15) is 13.3 Å². The van der Waals surface area contributed by atoms with E-state index in [-0.39, 0.29) is 10.6 Å². The van der Waals surface area contributed by atoms with Crippen molar-refractivity contribution in [1.82, 2.24) is 10.0 Å². The summed E-state index contributed by atoms with van der Waals surface area (Å²) in [5.41, 5.74) is 0. The lowest BCUT2D eigenvalue weighted by Gasteiger charge is -2.30.